The van der Waals surface area contributed by atoms with Crippen molar-refractivity contribution in [1.29, 1.82) is 0 Å². The van der Waals surface area contributed by atoms with Crippen LogP contribution < -0.4 is 14.8 Å². The number of aliphatic hydroxyl groups is 1. The van der Waals surface area contributed by atoms with E-state index in [4.69, 9.17) is 14.6 Å². The molecule has 1 aliphatic heterocycles. The van der Waals surface area contributed by atoms with Crippen LogP contribution in [-0.2, 0) is 11.2 Å². The molecule has 0 saturated heterocycles. The Balaban J connectivity index is 1.34. The van der Waals surface area contributed by atoms with Crippen LogP contribution in [0.4, 0.5) is 4.39 Å². The first-order valence-corrected chi connectivity index (χ1v) is 11.1. The molecule has 1 unspecified atom stereocenters. The predicted molar refractivity (Wildman–Crippen MR) is 116 cm³/mol. The van der Waals surface area contributed by atoms with Crippen molar-refractivity contribution in [2.75, 3.05) is 13.2 Å². The van der Waals surface area contributed by atoms with Crippen LogP contribution in [-0.4, -0.2) is 30.3 Å². The topological polar surface area (TPSA) is 67.8 Å². The molecular weight excluding hydrogens is 397 g/mol. The Morgan fingerprint density at radius 3 is 2.77 bits per heavy atom. The maximum atomic E-state index is 13.9. The van der Waals surface area contributed by atoms with Crippen molar-refractivity contribution in [3.8, 4) is 11.5 Å². The summed E-state index contributed by atoms with van der Waals surface area (Å²) in [7, 11) is 0. The summed E-state index contributed by atoms with van der Waals surface area (Å²) in [5, 5.41) is 11.6. The van der Waals surface area contributed by atoms with Crippen LogP contribution in [0.2, 0.25) is 0 Å². The van der Waals surface area contributed by atoms with Gasteiger partial charge < -0.3 is 19.9 Å². The van der Waals surface area contributed by atoms with E-state index in [0.717, 1.165) is 61.2 Å². The summed E-state index contributed by atoms with van der Waals surface area (Å²) in [5.74, 6) is 1.50. The number of nitrogens with one attached hydrogen (secondary N) is 1. The highest BCUT2D eigenvalue weighted by molar-refractivity contribution is 5.78. The van der Waals surface area contributed by atoms with Gasteiger partial charge in [-0.2, -0.15) is 0 Å². The summed E-state index contributed by atoms with van der Waals surface area (Å²) in [6.45, 7) is 2.08. The van der Waals surface area contributed by atoms with Crippen molar-refractivity contribution >= 4 is 5.91 Å². The van der Waals surface area contributed by atoms with Gasteiger partial charge in [-0.15, -0.1) is 0 Å². The molecule has 0 radical (unpaired) electrons. The molecule has 31 heavy (non-hydrogen) atoms. The summed E-state index contributed by atoms with van der Waals surface area (Å²) in [6.07, 6.45) is 4.89. The first-order valence-electron chi connectivity index (χ1n) is 11.1. The molecule has 166 valence electrons. The van der Waals surface area contributed by atoms with Gasteiger partial charge in [-0.1, -0.05) is 12.1 Å². The quantitative estimate of drug-likeness (QED) is 0.723. The molecule has 1 amide bonds. The molecule has 1 saturated carbocycles. The van der Waals surface area contributed by atoms with E-state index in [1.807, 2.05) is 24.3 Å². The van der Waals surface area contributed by atoms with Crippen LogP contribution in [0, 0.1) is 18.7 Å². The maximum absolute atomic E-state index is 13.9. The van der Waals surface area contributed by atoms with E-state index >= 15 is 0 Å². The average molecular weight is 428 g/mol. The summed E-state index contributed by atoms with van der Waals surface area (Å²) < 4.78 is 26.3. The van der Waals surface area contributed by atoms with Gasteiger partial charge in [0.25, 0.3) is 0 Å². The molecule has 2 N–H and O–H groups in total. The van der Waals surface area contributed by atoms with Gasteiger partial charge in [0, 0.05) is 12.5 Å². The van der Waals surface area contributed by atoms with Crippen molar-refractivity contribution < 1.29 is 23.8 Å². The van der Waals surface area contributed by atoms with E-state index in [1.165, 1.54) is 6.07 Å². The monoisotopic (exact) mass is 427 g/mol. The second-order valence-electron chi connectivity index (χ2n) is 8.47. The molecule has 2 aromatic carbocycles. The van der Waals surface area contributed by atoms with E-state index in [9.17, 15) is 9.18 Å². The van der Waals surface area contributed by atoms with E-state index in [0.29, 0.717) is 12.1 Å². The van der Waals surface area contributed by atoms with Gasteiger partial charge in [-0.25, -0.2) is 4.39 Å². The lowest BCUT2D eigenvalue weighted by Gasteiger charge is -2.30. The molecule has 2 aliphatic rings. The highest BCUT2D eigenvalue weighted by Crippen LogP contribution is 2.38. The van der Waals surface area contributed by atoms with Crippen molar-refractivity contribution in [2.45, 2.75) is 57.7 Å². The highest BCUT2D eigenvalue weighted by atomic mass is 19.1. The Bertz CT molecular complexity index is 924. The summed E-state index contributed by atoms with van der Waals surface area (Å²) in [4.78, 5) is 12.1. The van der Waals surface area contributed by atoms with Crippen LogP contribution in [0.1, 0.15) is 54.9 Å². The maximum Gasteiger partial charge on any atom is 0.223 e. The molecule has 1 atom stereocenters. The lowest BCUT2D eigenvalue weighted by atomic mass is 9.86. The molecule has 1 aliphatic carbocycles. The lowest BCUT2D eigenvalue weighted by Crippen LogP contribution is -2.36. The Morgan fingerprint density at radius 2 is 2.00 bits per heavy atom. The van der Waals surface area contributed by atoms with Crippen molar-refractivity contribution in [1.82, 2.24) is 5.32 Å². The number of aliphatic hydroxyl groups excluding tert-OH is 1. The molecule has 0 aromatic heterocycles. The zero-order valence-corrected chi connectivity index (χ0v) is 17.9. The number of fused-ring (bicyclic) bond motifs is 1. The third-order valence-corrected chi connectivity index (χ3v) is 6.39. The number of carbonyl (C=O) groups excluding carboxylic acids is 1. The molecule has 4 rings (SSSR count). The van der Waals surface area contributed by atoms with Gasteiger partial charge in [0.15, 0.2) is 0 Å². The normalized spacial score (nSPS) is 22.9. The predicted octanol–water partition coefficient (Wildman–Crippen LogP) is 4.25. The minimum Gasteiger partial charge on any atom is -0.490 e. The smallest absolute Gasteiger partial charge is 0.223 e. The van der Waals surface area contributed by atoms with Crippen LogP contribution in [0.5, 0.6) is 11.5 Å². The lowest BCUT2D eigenvalue weighted by molar-refractivity contribution is -0.126. The van der Waals surface area contributed by atoms with Crippen LogP contribution in [0.3, 0.4) is 0 Å². The molecule has 0 spiro atoms. The first-order chi connectivity index (χ1) is 15.0. The number of amides is 1. The van der Waals surface area contributed by atoms with Crippen LogP contribution >= 0.6 is 0 Å². The second-order valence-corrected chi connectivity index (χ2v) is 8.47. The SMILES string of the molecule is Cc1c(F)cccc1C1CCc2cc(OC3CCC(C(=O)NCCO)CC3)ccc2O1. The van der Waals surface area contributed by atoms with E-state index in [1.54, 1.807) is 13.0 Å². The Labute approximate surface area is 182 Å². The molecule has 5 nitrogen and oxygen atoms in total. The number of halogens is 1. The first kappa shape index (κ1) is 21.6. The van der Waals surface area contributed by atoms with Gasteiger partial charge in [-0.05, 0) is 86.4 Å². The van der Waals surface area contributed by atoms with E-state index in [-0.39, 0.29) is 36.5 Å². The fourth-order valence-corrected chi connectivity index (χ4v) is 4.59. The Morgan fingerprint density at radius 1 is 1.19 bits per heavy atom. The molecular formula is C25H30FNO4. The number of hydrogen-bond acceptors (Lipinski definition) is 4. The third-order valence-electron chi connectivity index (χ3n) is 6.39. The summed E-state index contributed by atoms with van der Waals surface area (Å²) in [5.41, 5.74) is 2.67. The van der Waals surface area contributed by atoms with Crippen molar-refractivity contribution in [3.63, 3.8) is 0 Å². The zero-order chi connectivity index (χ0) is 21.8. The number of hydrogen-bond donors (Lipinski definition) is 2. The van der Waals surface area contributed by atoms with Crippen molar-refractivity contribution in [3.05, 3.63) is 58.9 Å². The van der Waals surface area contributed by atoms with Gasteiger partial charge >= 0.3 is 0 Å². The van der Waals surface area contributed by atoms with Crippen LogP contribution in [0.25, 0.3) is 0 Å². The molecule has 1 fully saturated rings. The number of aryl methyl sites for hydroxylation is 1. The molecule has 1 heterocycles. The van der Waals surface area contributed by atoms with Crippen LogP contribution in [0.15, 0.2) is 36.4 Å². The van der Waals surface area contributed by atoms with Gasteiger partial charge in [-0.3, -0.25) is 4.79 Å². The molecule has 0 bridgehead atoms. The van der Waals surface area contributed by atoms with Crippen molar-refractivity contribution in [2.24, 2.45) is 5.92 Å². The highest BCUT2D eigenvalue weighted by Gasteiger charge is 2.28. The Hall–Kier alpha value is -2.60. The van der Waals surface area contributed by atoms with E-state index < -0.39 is 0 Å². The minimum absolute atomic E-state index is 0.00606. The zero-order valence-electron chi connectivity index (χ0n) is 17.9. The van der Waals surface area contributed by atoms with Gasteiger partial charge in [0.1, 0.15) is 23.4 Å². The molecule has 2 aromatic rings. The summed E-state index contributed by atoms with van der Waals surface area (Å²) >= 11 is 0. The minimum atomic E-state index is -0.198. The molecule has 6 heteroatoms. The largest absolute Gasteiger partial charge is 0.490 e. The second kappa shape index (κ2) is 9.69. The number of ether oxygens (including phenoxy) is 2. The number of rotatable bonds is 6. The number of carbonyl (C=O) groups is 1. The van der Waals surface area contributed by atoms with Gasteiger partial charge in [0.05, 0.1) is 12.7 Å². The average Bonchev–Trinajstić information content (AvgIpc) is 2.79. The fraction of sp³-hybridized carbons (Fsp3) is 0.480. The standard InChI is InChI=1S/C25H30FNO4/c1-16-21(3-2-4-22(16)26)24-11-7-18-15-20(10-12-23(18)31-24)30-19-8-5-17(6-9-19)25(29)27-13-14-28/h2-4,10,12,15,17,19,24,28H,5-9,11,13-14H2,1H3,(H,27,29). The fourth-order valence-electron chi connectivity index (χ4n) is 4.59. The van der Waals surface area contributed by atoms with Gasteiger partial charge in [0.2, 0.25) is 5.91 Å². The Kier molecular flexibility index (Phi) is 6.76. The number of benzene rings is 2. The van der Waals surface area contributed by atoms with E-state index in [2.05, 4.69) is 5.32 Å². The third kappa shape index (κ3) is 5.01. The summed E-state index contributed by atoms with van der Waals surface area (Å²) in [6, 6.07) is 11.1.